The quantitative estimate of drug-likeness (QED) is 0.687. The Balaban J connectivity index is 2.80. The Morgan fingerprint density at radius 1 is 1.82 bits per heavy atom. The standard InChI is InChI=1S/C7H9NO2S/c1-10-5-2-7(11-4-5)6(9)3-8/h2,4H,3,8H2,1H3. The van der Waals surface area contributed by atoms with E-state index in [1.54, 1.807) is 18.6 Å². The van der Waals surface area contributed by atoms with E-state index in [2.05, 4.69) is 0 Å². The summed E-state index contributed by atoms with van der Waals surface area (Å²) in [5.74, 6) is 0.671. The van der Waals surface area contributed by atoms with E-state index in [0.717, 1.165) is 0 Å². The normalized spacial score (nSPS) is 9.64. The third kappa shape index (κ3) is 1.78. The predicted molar refractivity (Wildman–Crippen MR) is 44.3 cm³/mol. The SMILES string of the molecule is COc1csc(C(=O)CN)c1. The summed E-state index contributed by atoms with van der Waals surface area (Å²) in [6, 6.07) is 1.69. The molecule has 0 saturated carbocycles. The number of Topliss-reactive ketones (excluding diaryl/α,β-unsaturated/α-hetero) is 1. The number of methoxy groups -OCH3 is 1. The van der Waals surface area contributed by atoms with Crippen LogP contribution >= 0.6 is 11.3 Å². The first-order valence-electron chi connectivity index (χ1n) is 3.13. The van der Waals surface area contributed by atoms with Crippen LogP contribution in [0.1, 0.15) is 9.67 Å². The van der Waals surface area contributed by atoms with Gasteiger partial charge >= 0.3 is 0 Å². The lowest BCUT2D eigenvalue weighted by Crippen LogP contribution is -2.11. The van der Waals surface area contributed by atoms with Crippen molar-refractivity contribution in [3.63, 3.8) is 0 Å². The molecule has 3 nitrogen and oxygen atoms in total. The molecule has 2 N–H and O–H groups in total. The van der Waals surface area contributed by atoms with Gasteiger partial charge in [0.25, 0.3) is 0 Å². The second kappa shape index (κ2) is 3.50. The van der Waals surface area contributed by atoms with E-state index in [9.17, 15) is 4.79 Å². The van der Waals surface area contributed by atoms with Crippen molar-refractivity contribution in [3.05, 3.63) is 16.3 Å². The zero-order valence-corrected chi connectivity index (χ0v) is 6.98. The van der Waals surface area contributed by atoms with Crippen molar-refractivity contribution in [2.45, 2.75) is 0 Å². The van der Waals surface area contributed by atoms with Crippen molar-refractivity contribution in [2.75, 3.05) is 13.7 Å². The number of nitrogens with two attached hydrogens (primary N) is 1. The summed E-state index contributed by atoms with van der Waals surface area (Å²) in [6.07, 6.45) is 0. The highest BCUT2D eigenvalue weighted by Gasteiger charge is 2.06. The third-order valence-corrected chi connectivity index (χ3v) is 2.22. The Bertz CT molecular complexity index is 257. The number of carbonyl (C=O) groups is 1. The van der Waals surface area contributed by atoms with E-state index < -0.39 is 0 Å². The predicted octanol–water partition coefficient (Wildman–Crippen LogP) is 0.898. The van der Waals surface area contributed by atoms with Gasteiger partial charge in [-0.15, -0.1) is 11.3 Å². The average molecular weight is 171 g/mol. The molecule has 1 aromatic heterocycles. The van der Waals surface area contributed by atoms with E-state index in [0.29, 0.717) is 10.6 Å². The highest BCUT2D eigenvalue weighted by atomic mass is 32.1. The molecule has 11 heavy (non-hydrogen) atoms. The summed E-state index contributed by atoms with van der Waals surface area (Å²) >= 11 is 1.35. The first-order chi connectivity index (χ1) is 5.27. The molecular weight excluding hydrogens is 162 g/mol. The van der Waals surface area contributed by atoms with Crippen LogP contribution in [0.15, 0.2) is 11.4 Å². The van der Waals surface area contributed by atoms with Crippen molar-refractivity contribution in [1.82, 2.24) is 0 Å². The largest absolute Gasteiger partial charge is 0.496 e. The zero-order chi connectivity index (χ0) is 8.27. The van der Waals surface area contributed by atoms with E-state index >= 15 is 0 Å². The number of ether oxygens (including phenoxy) is 1. The molecule has 0 atom stereocenters. The fraction of sp³-hybridized carbons (Fsp3) is 0.286. The van der Waals surface area contributed by atoms with Gasteiger partial charge in [0, 0.05) is 11.4 Å². The molecule has 1 heterocycles. The fourth-order valence-corrected chi connectivity index (χ4v) is 1.48. The van der Waals surface area contributed by atoms with E-state index in [4.69, 9.17) is 10.5 Å². The summed E-state index contributed by atoms with van der Waals surface area (Å²) < 4.78 is 4.91. The van der Waals surface area contributed by atoms with Crippen LogP contribution in [0.2, 0.25) is 0 Å². The van der Waals surface area contributed by atoms with Gasteiger partial charge in [-0.3, -0.25) is 4.79 Å². The number of hydrogen-bond donors (Lipinski definition) is 1. The van der Waals surface area contributed by atoms with Gasteiger partial charge in [0.1, 0.15) is 5.75 Å². The van der Waals surface area contributed by atoms with Crippen LogP contribution in [0.25, 0.3) is 0 Å². The lowest BCUT2D eigenvalue weighted by molar-refractivity contribution is 0.100. The molecule has 0 bridgehead atoms. The lowest BCUT2D eigenvalue weighted by atomic mass is 10.3. The maximum Gasteiger partial charge on any atom is 0.186 e. The molecule has 0 amide bonds. The molecule has 0 unspecified atom stereocenters. The number of ketones is 1. The first-order valence-corrected chi connectivity index (χ1v) is 4.01. The van der Waals surface area contributed by atoms with Gasteiger partial charge in [-0.2, -0.15) is 0 Å². The topological polar surface area (TPSA) is 52.3 Å². The second-order valence-corrected chi connectivity index (χ2v) is 2.89. The minimum Gasteiger partial charge on any atom is -0.496 e. The van der Waals surface area contributed by atoms with E-state index in [-0.39, 0.29) is 12.3 Å². The van der Waals surface area contributed by atoms with Crippen molar-refractivity contribution in [2.24, 2.45) is 5.73 Å². The average Bonchev–Trinajstić information content (AvgIpc) is 2.50. The molecule has 0 aliphatic heterocycles. The van der Waals surface area contributed by atoms with Crippen molar-refractivity contribution >= 4 is 17.1 Å². The molecular formula is C7H9NO2S. The number of thiophene rings is 1. The smallest absolute Gasteiger partial charge is 0.186 e. The molecule has 0 fully saturated rings. The van der Waals surface area contributed by atoms with Crippen molar-refractivity contribution in [3.8, 4) is 5.75 Å². The first kappa shape index (κ1) is 8.23. The van der Waals surface area contributed by atoms with Crippen LogP contribution in [0.3, 0.4) is 0 Å². The Morgan fingerprint density at radius 2 is 2.55 bits per heavy atom. The summed E-state index contributed by atoms with van der Waals surface area (Å²) in [4.78, 5) is 11.6. The van der Waals surface area contributed by atoms with E-state index in [1.807, 2.05) is 0 Å². The summed E-state index contributed by atoms with van der Waals surface area (Å²) in [6.45, 7) is 0.0592. The molecule has 1 aromatic rings. The van der Waals surface area contributed by atoms with Gasteiger partial charge in [-0.25, -0.2) is 0 Å². The molecule has 0 aliphatic carbocycles. The molecule has 0 saturated heterocycles. The Kier molecular flexibility index (Phi) is 2.62. The van der Waals surface area contributed by atoms with Crippen LogP contribution in [-0.4, -0.2) is 19.4 Å². The van der Waals surface area contributed by atoms with Crippen LogP contribution in [-0.2, 0) is 0 Å². The maximum atomic E-state index is 11.0. The Morgan fingerprint density at radius 3 is 3.00 bits per heavy atom. The minimum atomic E-state index is -0.0432. The number of hydrogen-bond acceptors (Lipinski definition) is 4. The van der Waals surface area contributed by atoms with Gasteiger partial charge in [0.2, 0.25) is 0 Å². The fourth-order valence-electron chi connectivity index (χ4n) is 0.673. The Labute approximate surface area is 68.8 Å². The van der Waals surface area contributed by atoms with Gasteiger partial charge in [0.05, 0.1) is 18.5 Å². The molecule has 0 aromatic carbocycles. The maximum absolute atomic E-state index is 11.0. The van der Waals surface area contributed by atoms with E-state index in [1.165, 1.54) is 11.3 Å². The minimum absolute atomic E-state index is 0.0432. The molecule has 0 aliphatic rings. The van der Waals surface area contributed by atoms with Crippen LogP contribution in [0, 0.1) is 0 Å². The third-order valence-electron chi connectivity index (χ3n) is 1.27. The molecule has 0 spiro atoms. The van der Waals surface area contributed by atoms with Crippen LogP contribution in [0.4, 0.5) is 0 Å². The molecule has 1 rings (SSSR count). The summed E-state index contributed by atoms with van der Waals surface area (Å²) in [5.41, 5.74) is 5.17. The highest BCUT2D eigenvalue weighted by Crippen LogP contribution is 2.20. The highest BCUT2D eigenvalue weighted by molar-refractivity contribution is 7.12. The monoisotopic (exact) mass is 171 g/mol. The van der Waals surface area contributed by atoms with Gasteiger partial charge < -0.3 is 10.5 Å². The molecule has 0 radical (unpaired) electrons. The van der Waals surface area contributed by atoms with Crippen molar-refractivity contribution < 1.29 is 9.53 Å². The van der Waals surface area contributed by atoms with Gasteiger partial charge in [0.15, 0.2) is 5.78 Å². The molecule has 4 heteroatoms. The van der Waals surface area contributed by atoms with Crippen LogP contribution < -0.4 is 10.5 Å². The second-order valence-electron chi connectivity index (χ2n) is 1.98. The lowest BCUT2D eigenvalue weighted by Gasteiger charge is -1.90. The van der Waals surface area contributed by atoms with Gasteiger partial charge in [-0.05, 0) is 0 Å². The number of rotatable bonds is 3. The van der Waals surface area contributed by atoms with Crippen LogP contribution in [0.5, 0.6) is 5.75 Å². The number of carbonyl (C=O) groups excluding carboxylic acids is 1. The summed E-state index contributed by atoms with van der Waals surface area (Å²) in [7, 11) is 1.57. The Hall–Kier alpha value is -0.870. The molecule has 60 valence electrons. The zero-order valence-electron chi connectivity index (χ0n) is 6.16. The van der Waals surface area contributed by atoms with Gasteiger partial charge in [-0.1, -0.05) is 0 Å². The summed E-state index contributed by atoms with van der Waals surface area (Å²) in [5, 5.41) is 1.78. The van der Waals surface area contributed by atoms with Crippen molar-refractivity contribution in [1.29, 1.82) is 0 Å².